The summed E-state index contributed by atoms with van der Waals surface area (Å²) in [6, 6.07) is 0.0812. The number of hydrogen-bond donors (Lipinski definition) is 0. The van der Waals surface area contributed by atoms with E-state index in [1.165, 1.54) is 0 Å². The van der Waals surface area contributed by atoms with E-state index in [-0.39, 0.29) is 62.5 Å². The Morgan fingerprint density at radius 2 is 1.40 bits per heavy atom. The van der Waals surface area contributed by atoms with Crippen molar-refractivity contribution in [3.8, 4) is 0 Å². The van der Waals surface area contributed by atoms with Crippen molar-refractivity contribution >= 4 is 26.1 Å². The van der Waals surface area contributed by atoms with E-state index >= 15 is 0 Å². The standard InChI is InChI=1S/C8H18O4SSi.K/c1-4-10-14(11-5-2,12-6-3)7-8(9)13;/h4-7H2,1-3H3,(H,9,13);/q;+1/p-1. The molecule has 0 aliphatic heterocycles. The summed E-state index contributed by atoms with van der Waals surface area (Å²) in [6.45, 7) is 6.92. The topological polar surface area (TPSA) is 50.8 Å². The molecule has 0 aliphatic rings. The molecule has 0 radical (unpaired) electrons. The van der Waals surface area contributed by atoms with Crippen molar-refractivity contribution < 1.29 is 69.8 Å². The quantitative estimate of drug-likeness (QED) is 0.369. The van der Waals surface area contributed by atoms with Gasteiger partial charge < -0.3 is 18.4 Å². The van der Waals surface area contributed by atoms with E-state index in [9.17, 15) is 5.11 Å². The number of thiocarbonyl (C=S) groups is 1. The summed E-state index contributed by atoms with van der Waals surface area (Å²) >= 11 is 4.53. The first kappa shape index (κ1) is 19.0. The fourth-order valence-corrected chi connectivity index (χ4v) is 3.87. The molecule has 0 bridgehead atoms. The van der Waals surface area contributed by atoms with Gasteiger partial charge in [0.05, 0.1) is 0 Å². The van der Waals surface area contributed by atoms with Gasteiger partial charge in [-0.15, -0.1) is 12.2 Å². The average molecular weight is 276 g/mol. The first-order chi connectivity index (χ1) is 6.60. The zero-order chi connectivity index (χ0) is 11.0. The molecule has 0 saturated heterocycles. The van der Waals surface area contributed by atoms with Gasteiger partial charge >= 0.3 is 60.2 Å². The van der Waals surface area contributed by atoms with Crippen molar-refractivity contribution in [2.24, 2.45) is 0 Å². The largest absolute Gasteiger partial charge is 1.00 e. The zero-order valence-electron chi connectivity index (χ0n) is 9.87. The molecule has 0 amide bonds. The van der Waals surface area contributed by atoms with Gasteiger partial charge in [-0.3, -0.25) is 0 Å². The first-order valence-corrected chi connectivity index (χ1v) is 7.06. The maximum atomic E-state index is 10.9. The maximum absolute atomic E-state index is 10.9. The monoisotopic (exact) mass is 276 g/mol. The van der Waals surface area contributed by atoms with Gasteiger partial charge in [-0.1, -0.05) is 5.05 Å². The van der Waals surface area contributed by atoms with Gasteiger partial charge in [0.15, 0.2) is 0 Å². The molecule has 0 unspecified atom stereocenters. The second-order valence-corrected chi connectivity index (χ2v) is 5.57. The van der Waals surface area contributed by atoms with Gasteiger partial charge in [0.1, 0.15) is 0 Å². The van der Waals surface area contributed by atoms with Gasteiger partial charge in [-0.05, 0) is 20.8 Å². The van der Waals surface area contributed by atoms with Crippen LogP contribution in [-0.4, -0.2) is 33.7 Å². The second kappa shape index (κ2) is 10.8. The van der Waals surface area contributed by atoms with Crippen LogP contribution in [0.25, 0.3) is 0 Å². The van der Waals surface area contributed by atoms with Crippen LogP contribution in [-0.2, 0) is 13.3 Å². The molecule has 15 heavy (non-hydrogen) atoms. The predicted molar refractivity (Wildman–Crippen MR) is 58.0 cm³/mol. The number of rotatable bonds is 8. The van der Waals surface area contributed by atoms with Gasteiger partial charge in [0, 0.05) is 25.9 Å². The zero-order valence-corrected chi connectivity index (χ0v) is 14.8. The van der Waals surface area contributed by atoms with Crippen LogP contribution in [0.1, 0.15) is 20.8 Å². The average Bonchev–Trinajstić information content (AvgIpc) is 2.03. The van der Waals surface area contributed by atoms with E-state index in [0.717, 1.165) is 0 Å². The molecule has 0 atom stereocenters. The van der Waals surface area contributed by atoms with Crippen LogP contribution in [0.15, 0.2) is 0 Å². The second-order valence-electron chi connectivity index (χ2n) is 2.53. The molecule has 0 saturated carbocycles. The van der Waals surface area contributed by atoms with Crippen molar-refractivity contribution in [2.75, 3.05) is 19.8 Å². The van der Waals surface area contributed by atoms with Crippen LogP contribution >= 0.6 is 12.2 Å². The molecule has 0 aliphatic carbocycles. The molecule has 0 aromatic carbocycles. The summed E-state index contributed by atoms with van der Waals surface area (Å²) in [6.07, 6.45) is 0. The van der Waals surface area contributed by atoms with Gasteiger partial charge in [-0.25, -0.2) is 0 Å². The smallest absolute Gasteiger partial charge is 0.868 e. The van der Waals surface area contributed by atoms with Crippen molar-refractivity contribution in [3.05, 3.63) is 0 Å². The van der Waals surface area contributed by atoms with E-state index in [2.05, 4.69) is 12.2 Å². The Labute approximate surface area is 140 Å². The molecule has 0 rings (SSSR count). The molecular formula is C8H17KO4SSi. The van der Waals surface area contributed by atoms with Crippen LogP contribution in [0.4, 0.5) is 0 Å². The first-order valence-electron chi connectivity index (χ1n) is 4.72. The molecule has 0 spiro atoms. The Morgan fingerprint density at radius 3 is 1.60 bits per heavy atom. The van der Waals surface area contributed by atoms with Crippen molar-refractivity contribution in [3.63, 3.8) is 0 Å². The van der Waals surface area contributed by atoms with Crippen LogP contribution in [0.3, 0.4) is 0 Å². The van der Waals surface area contributed by atoms with Crippen LogP contribution in [0.2, 0.25) is 6.04 Å². The molecule has 7 heteroatoms. The molecular weight excluding hydrogens is 259 g/mol. The van der Waals surface area contributed by atoms with Crippen LogP contribution < -0.4 is 56.5 Å². The van der Waals surface area contributed by atoms with E-state index in [0.29, 0.717) is 19.8 Å². The molecule has 84 valence electrons. The molecule has 0 heterocycles. The van der Waals surface area contributed by atoms with Crippen LogP contribution in [0.5, 0.6) is 0 Å². The Hall–Kier alpha value is 1.62. The third kappa shape index (κ3) is 8.36. The number of hydrogen-bond acceptors (Lipinski definition) is 5. The maximum Gasteiger partial charge on any atom is 1.00 e. The summed E-state index contributed by atoms with van der Waals surface area (Å²) < 4.78 is 16.3. The Kier molecular flexibility index (Phi) is 13.6. The van der Waals surface area contributed by atoms with Crippen molar-refractivity contribution in [1.82, 2.24) is 0 Å². The van der Waals surface area contributed by atoms with E-state index in [1.54, 1.807) is 0 Å². The Morgan fingerprint density at radius 1 is 1.07 bits per heavy atom. The summed E-state index contributed by atoms with van der Waals surface area (Å²) in [5.74, 6) is 0. The summed E-state index contributed by atoms with van der Waals surface area (Å²) in [4.78, 5) is 0. The summed E-state index contributed by atoms with van der Waals surface area (Å²) in [7, 11) is -2.81. The molecule has 0 aromatic rings. The minimum absolute atomic E-state index is 0. The minimum Gasteiger partial charge on any atom is -0.868 e. The van der Waals surface area contributed by atoms with Gasteiger partial charge in [-0.2, -0.15) is 0 Å². The fourth-order valence-electron chi connectivity index (χ4n) is 1.11. The third-order valence-corrected chi connectivity index (χ3v) is 4.79. The van der Waals surface area contributed by atoms with Crippen LogP contribution in [0, 0.1) is 0 Å². The van der Waals surface area contributed by atoms with E-state index in [4.69, 9.17) is 13.3 Å². The summed E-state index contributed by atoms with van der Waals surface area (Å²) in [5, 5.41) is 10.5. The molecule has 0 aromatic heterocycles. The third-order valence-electron chi connectivity index (χ3n) is 1.45. The molecule has 0 fully saturated rings. The molecule has 0 N–H and O–H groups in total. The normalized spacial score (nSPS) is 10.9. The van der Waals surface area contributed by atoms with E-state index in [1.807, 2.05) is 20.8 Å². The van der Waals surface area contributed by atoms with Gasteiger partial charge in [0.2, 0.25) is 0 Å². The summed E-state index contributed by atoms with van der Waals surface area (Å²) in [5.41, 5.74) is 0. The SMILES string of the molecule is CCO[Si](CC([O-])=S)(OCC)OCC.[K+]. The predicted octanol–water partition coefficient (Wildman–Crippen LogP) is -2.27. The molecule has 4 nitrogen and oxygen atoms in total. The van der Waals surface area contributed by atoms with E-state index < -0.39 is 8.80 Å². The Bertz CT molecular complexity index is 165. The van der Waals surface area contributed by atoms with Gasteiger partial charge in [0.25, 0.3) is 0 Å². The fraction of sp³-hybridized carbons (Fsp3) is 0.875. The van der Waals surface area contributed by atoms with Crippen molar-refractivity contribution in [1.29, 1.82) is 0 Å². The Balaban J connectivity index is 0. The minimum atomic E-state index is -2.81. The van der Waals surface area contributed by atoms with Crippen molar-refractivity contribution in [2.45, 2.75) is 26.8 Å².